The number of carbonyl (C=O) groups is 2. The number of likely N-dealkylation sites (N-methyl/N-ethyl adjacent to an activating group) is 1. The van der Waals surface area contributed by atoms with E-state index < -0.39 is 0 Å². The number of hydrogen-bond donors (Lipinski definition) is 0. The van der Waals surface area contributed by atoms with Crippen LogP contribution >= 0.6 is 11.3 Å². The second kappa shape index (κ2) is 8.09. The van der Waals surface area contributed by atoms with Crippen LogP contribution in [0.15, 0.2) is 17.5 Å². The fraction of sp³-hybridized carbons (Fsp3) is 0.647. The molecule has 0 saturated carbocycles. The Hall–Kier alpha value is -1.44. The summed E-state index contributed by atoms with van der Waals surface area (Å²) >= 11 is 1.71. The molecule has 1 aromatic heterocycles. The van der Waals surface area contributed by atoms with Crippen molar-refractivity contribution in [2.45, 2.75) is 18.9 Å². The molecule has 132 valence electrons. The van der Waals surface area contributed by atoms with Gasteiger partial charge in [-0.2, -0.15) is 0 Å². The van der Waals surface area contributed by atoms with Gasteiger partial charge in [0.15, 0.2) is 0 Å². The van der Waals surface area contributed by atoms with Crippen LogP contribution in [0.1, 0.15) is 23.8 Å². The fourth-order valence-corrected chi connectivity index (χ4v) is 4.24. The Morgan fingerprint density at radius 2 is 2.00 bits per heavy atom. The van der Waals surface area contributed by atoms with Crippen LogP contribution in [0.2, 0.25) is 0 Å². The highest BCUT2D eigenvalue weighted by Gasteiger charge is 2.31. The standard InChI is InChI=1S/C17H25N3O3S/c1-18(12-16(21)19-7-9-23-10-8-19)13-17(22)20-6-2-4-14(20)15-5-3-11-24-15/h3,5,11,14H,2,4,6-10,12-13H2,1H3. The van der Waals surface area contributed by atoms with Crippen molar-refractivity contribution >= 4 is 23.2 Å². The molecule has 3 rings (SSSR count). The van der Waals surface area contributed by atoms with Crippen molar-refractivity contribution in [3.05, 3.63) is 22.4 Å². The van der Waals surface area contributed by atoms with Crippen molar-refractivity contribution in [1.82, 2.24) is 14.7 Å². The molecule has 2 fully saturated rings. The third kappa shape index (κ3) is 4.15. The SMILES string of the molecule is CN(CC(=O)N1CCOCC1)CC(=O)N1CCCC1c1cccs1. The lowest BCUT2D eigenvalue weighted by Crippen LogP contribution is -2.47. The van der Waals surface area contributed by atoms with Crippen molar-refractivity contribution < 1.29 is 14.3 Å². The van der Waals surface area contributed by atoms with Gasteiger partial charge in [0.2, 0.25) is 11.8 Å². The number of hydrogen-bond acceptors (Lipinski definition) is 5. The zero-order chi connectivity index (χ0) is 16.9. The molecule has 0 radical (unpaired) electrons. The van der Waals surface area contributed by atoms with Gasteiger partial charge in [-0.25, -0.2) is 0 Å². The molecule has 0 aromatic carbocycles. The zero-order valence-electron chi connectivity index (χ0n) is 14.1. The van der Waals surface area contributed by atoms with Gasteiger partial charge < -0.3 is 14.5 Å². The summed E-state index contributed by atoms with van der Waals surface area (Å²) in [6.07, 6.45) is 2.08. The van der Waals surface area contributed by atoms with Gasteiger partial charge in [-0.1, -0.05) is 6.07 Å². The molecule has 6 nitrogen and oxygen atoms in total. The molecule has 2 saturated heterocycles. The highest BCUT2D eigenvalue weighted by Crippen LogP contribution is 2.34. The highest BCUT2D eigenvalue weighted by atomic mass is 32.1. The Labute approximate surface area is 147 Å². The molecule has 2 aliphatic rings. The summed E-state index contributed by atoms with van der Waals surface area (Å²) in [4.78, 5) is 31.8. The molecule has 1 aromatic rings. The molecule has 0 N–H and O–H groups in total. The van der Waals surface area contributed by atoms with Crippen LogP contribution in [0.3, 0.4) is 0 Å². The monoisotopic (exact) mass is 351 g/mol. The van der Waals surface area contributed by atoms with Crippen molar-refractivity contribution in [2.75, 3.05) is 53.0 Å². The topological polar surface area (TPSA) is 53.1 Å². The molecule has 24 heavy (non-hydrogen) atoms. The third-order valence-corrected chi connectivity index (χ3v) is 5.59. The largest absolute Gasteiger partial charge is 0.378 e. The Morgan fingerprint density at radius 3 is 2.71 bits per heavy atom. The zero-order valence-corrected chi connectivity index (χ0v) is 15.0. The molecule has 3 heterocycles. The number of morpholine rings is 1. The van der Waals surface area contributed by atoms with Gasteiger partial charge in [0.05, 0.1) is 32.3 Å². The van der Waals surface area contributed by atoms with Crippen LogP contribution in [0, 0.1) is 0 Å². The summed E-state index contributed by atoms with van der Waals surface area (Å²) in [5, 5.41) is 2.06. The Bertz CT molecular complexity index is 557. The van der Waals surface area contributed by atoms with Crippen molar-refractivity contribution in [1.29, 1.82) is 0 Å². The molecular formula is C17H25N3O3S. The molecule has 2 amide bonds. The predicted octanol–water partition coefficient (Wildman–Crippen LogP) is 1.20. The van der Waals surface area contributed by atoms with E-state index >= 15 is 0 Å². The first-order valence-corrected chi connectivity index (χ1v) is 9.40. The molecule has 0 spiro atoms. The number of amides is 2. The summed E-state index contributed by atoms with van der Waals surface area (Å²) in [7, 11) is 1.84. The fourth-order valence-electron chi connectivity index (χ4n) is 3.36. The maximum atomic E-state index is 12.7. The number of carbonyl (C=O) groups excluding carboxylic acids is 2. The van der Waals surface area contributed by atoms with Crippen LogP contribution in [0.4, 0.5) is 0 Å². The van der Waals surface area contributed by atoms with Crippen LogP contribution in [0.5, 0.6) is 0 Å². The minimum absolute atomic E-state index is 0.0739. The first-order valence-electron chi connectivity index (χ1n) is 8.52. The second-order valence-corrected chi connectivity index (χ2v) is 7.41. The van der Waals surface area contributed by atoms with Gasteiger partial charge >= 0.3 is 0 Å². The number of nitrogens with zero attached hydrogens (tertiary/aromatic N) is 3. The van der Waals surface area contributed by atoms with Gasteiger partial charge in [-0.15, -0.1) is 11.3 Å². The highest BCUT2D eigenvalue weighted by molar-refractivity contribution is 7.10. The summed E-state index contributed by atoms with van der Waals surface area (Å²) < 4.78 is 5.27. The lowest BCUT2D eigenvalue weighted by molar-refractivity contribution is -0.138. The van der Waals surface area contributed by atoms with E-state index in [4.69, 9.17) is 4.74 Å². The van der Waals surface area contributed by atoms with E-state index in [2.05, 4.69) is 11.4 Å². The van der Waals surface area contributed by atoms with Crippen LogP contribution < -0.4 is 0 Å². The summed E-state index contributed by atoms with van der Waals surface area (Å²) in [6, 6.07) is 4.35. The Morgan fingerprint density at radius 1 is 1.25 bits per heavy atom. The van der Waals surface area contributed by atoms with E-state index in [1.807, 2.05) is 27.8 Å². The second-order valence-electron chi connectivity index (χ2n) is 6.43. The minimum Gasteiger partial charge on any atom is -0.378 e. The van der Waals surface area contributed by atoms with Crippen molar-refractivity contribution in [3.8, 4) is 0 Å². The molecule has 0 bridgehead atoms. The van der Waals surface area contributed by atoms with Crippen LogP contribution in [-0.4, -0.2) is 79.5 Å². The smallest absolute Gasteiger partial charge is 0.237 e. The van der Waals surface area contributed by atoms with Gasteiger partial charge in [-0.05, 0) is 31.3 Å². The third-order valence-electron chi connectivity index (χ3n) is 4.62. The maximum Gasteiger partial charge on any atom is 0.237 e. The number of likely N-dealkylation sites (tertiary alicyclic amines) is 1. The lowest BCUT2D eigenvalue weighted by Gasteiger charge is -2.30. The van der Waals surface area contributed by atoms with Crippen molar-refractivity contribution in [3.63, 3.8) is 0 Å². The Kier molecular flexibility index (Phi) is 5.86. The summed E-state index contributed by atoms with van der Waals surface area (Å²) in [5.74, 6) is 0.188. The first-order chi connectivity index (χ1) is 11.6. The summed E-state index contributed by atoms with van der Waals surface area (Å²) in [5.41, 5.74) is 0. The van der Waals surface area contributed by atoms with Crippen LogP contribution in [-0.2, 0) is 14.3 Å². The van der Waals surface area contributed by atoms with Crippen molar-refractivity contribution in [2.24, 2.45) is 0 Å². The van der Waals surface area contributed by atoms with E-state index in [0.717, 1.165) is 19.4 Å². The predicted molar refractivity (Wildman–Crippen MR) is 92.9 cm³/mol. The maximum absolute atomic E-state index is 12.7. The van der Waals surface area contributed by atoms with E-state index in [1.54, 1.807) is 11.3 Å². The molecular weight excluding hydrogens is 326 g/mol. The average Bonchev–Trinajstić information content (AvgIpc) is 3.26. The van der Waals surface area contributed by atoms with Gasteiger partial charge in [0.1, 0.15) is 0 Å². The molecule has 1 atom stereocenters. The minimum atomic E-state index is 0.0739. The normalized spacial score (nSPS) is 21.5. The van der Waals surface area contributed by atoms with Gasteiger partial charge in [-0.3, -0.25) is 14.5 Å². The van der Waals surface area contributed by atoms with E-state index in [1.165, 1.54) is 4.88 Å². The number of thiophene rings is 1. The van der Waals surface area contributed by atoms with Crippen LogP contribution in [0.25, 0.3) is 0 Å². The average molecular weight is 351 g/mol. The van der Waals surface area contributed by atoms with E-state index in [-0.39, 0.29) is 30.9 Å². The molecule has 7 heteroatoms. The lowest BCUT2D eigenvalue weighted by atomic mass is 10.2. The molecule has 2 aliphatic heterocycles. The quantitative estimate of drug-likeness (QED) is 0.800. The van der Waals surface area contributed by atoms with E-state index in [9.17, 15) is 9.59 Å². The molecule has 1 unspecified atom stereocenters. The van der Waals surface area contributed by atoms with Gasteiger partial charge in [0.25, 0.3) is 0 Å². The summed E-state index contributed by atoms with van der Waals surface area (Å²) in [6.45, 7) is 3.88. The number of rotatable bonds is 5. The first kappa shape index (κ1) is 17.4. The van der Waals surface area contributed by atoms with Gasteiger partial charge in [0, 0.05) is 24.5 Å². The van der Waals surface area contributed by atoms with E-state index in [0.29, 0.717) is 26.3 Å². The number of ether oxygens (including phenoxy) is 1. The molecule has 0 aliphatic carbocycles. The Balaban J connectivity index is 1.51.